The first-order valence-electron chi connectivity index (χ1n) is 5.27. The molecule has 0 radical (unpaired) electrons. The van der Waals surface area contributed by atoms with Gasteiger partial charge in [-0.15, -0.1) is 11.6 Å². The molecular formula is C11H19ClN2. The molecule has 2 unspecified atom stereocenters. The van der Waals surface area contributed by atoms with E-state index in [1.54, 1.807) is 0 Å². The second-order valence-corrected chi connectivity index (χ2v) is 4.70. The highest BCUT2D eigenvalue weighted by Crippen LogP contribution is 2.15. The normalized spacial score (nSPS) is 15.4. The molecule has 2 atom stereocenters. The minimum absolute atomic E-state index is 0.259. The van der Waals surface area contributed by atoms with Gasteiger partial charge in [0.1, 0.15) is 5.82 Å². The molecule has 0 N–H and O–H groups in total. The maximum atomic E-state index is 5.96. The summed E-state index contributed by atoms with van der Waals surface area (Å²) >= 11 is 5.96. The highest BCUT2D eigenvalue weighted by atomic mass is 35.5. The van der Waals surface area contributed by atoms with E-state index in [1.165, 1.54) is 5.82 Å². The first-order valence-corrected chi connectivity index (χ1v) is 5.71. The van der Waals surface area contributed by atoms with Crippen LogP contribution in [-0.2, 0) is 13.0 Å². The number of hydrogen-bond acceptors (Lipinski definition) is 1. The minimum Gasteiger partial charge on any atom is -0.335 e. The van der Waals surface area contributed by atoms with Crippen LogP contribution < -0.4 is 0 Å². The average molecular weight is 215 g/mol. The lowest BCUT2D eigenvalue weighted by atomic mass is 10.0. The van der Waals surface area contributed by atoms with Crippen LogP contribution in [0.2, 0.25) is 0 Å². The van der Waals surface area contributed by atoms with Crippen LogP contribution in [0.3, 0.4) is 0 Å². The van der Waals surface area contributed by atoms with E-state index < -0.39 is 0 Å². The maximum Gasteiger partial charge on any atom is 0.108 e. The third-order valence-electron chi connectivity index (χ3n) is 2.40. The Labute approximate surface area is 91.3 Å². The third-order valence-corrected chi connectivity index (χ3v) is 2.58. The summed E-state index contributed by atoms with van der Waals surface area (Å²) < 4.78 is 2.19. The van der Waals surface area contributed by atoms with Crippen molar-refractivity contribution in [2.45, 2.75) is 45.5 Å². The van der Waals surface area contributed by atoms with Crippen LogP contribution in [0.5, 0.6) is 0 Å². The van der Waals surface area contributed by atoms with Crippen LogP contribution >= 0.6 is 11.6 Å². The van der Waals surface area contributed by atoms with Crippen molar-refractivity contribution < 1.29 is 0 Å². The Morgan fingerprint density at radius 1 is 1.50 bits per heavy atom. The Balaban J connectivity index is 2.51. The molecule has 0 bridgehead atoms. The molecule has 0 spiro atoms. The van der Waals surface area contributed by atoms with Crippen molar-refractivity contribution in [1.82, 2.24) is 9.55 Å². The molecule has 3 heteroatoms. The number of alkyl halides is 1. The fourth-order valence-corrected chi connectivity index (χ4v) is 2.07. The molecule has 0 saturated carbocycles. The SMILES string of the molecule is CCn1ccnc1CC(C)CC(C)Cl. The van der Waals surface area contributed by atoms with Gasteiger partial charge in [0.05, 0.1) is 0 Å². The number of rotatable bonds is 5. The van der Waals surface area contributed by atoms with Gasteiger partial charge in [0, 0.05) is 30.7 Å². The van der Waals surface area contributed by atoms with Crippen molar-refractivity contribution in [1.29, 1.82) is 0 Å². The van der Waals surface area contributed by atoms with Gasteiger partial charge in [0.2, 0.25) is 0 Å². The summed E-state index contributed by atoms with van der Waals surface area (Å²) in [4.78, 5) is 4.35. The maximum absolute atomic E-state index is 5.96. The molecule has 0 aliphatic carbocycles. The molecule has 0 fully saturated rings. The summed E-state index contributed by atoms with van der Waals surface area (Å²) in [6, 6.07) is 0. The number of hydrogen-bond donors (Lipinski definition) is 0. The van der Waals surface area contributed by atoms with E-state index in [0.717, 1.165) is 19.4 Å². The molecule has 0 amide bonds. The van der Waals surface area contributed by atoms with E-state index in [2.05, 4.69) is 23.4 Å². The molecular weight excluding hydrogens is 196 g/mol. The molecule has 0 aliphatic heterocycles. The summed E-state index contributed by atoms with van der Waals surface area (Å²) in [5, 5.41) is 0.259. The molecule has 2 nitrogen and oxygen atoms in total. The van der Waals surface area contributed by atoms with Crippen LogP contribution in [0.15, 0.2) is 12.4 Å². The number of aryl methyl sites for hydroxylation is 1. The van der Waals surface area contributed by atoms with Crippen molar-refractivity contribution in [3.63, 3.8) is 0 Å². The summed E-state index contributed by atoms with van der Waals surface area (Å²) in [6.07, 6.45) is 5.98. The largest absolute Gasteiger partial charge is 0.335 e. The molecule has 1 heterocycles. The van der Waals surface area contributed by atoms with Crippen molar-refractivity contribution in [2.75, 3.05) is 0 Å². The zero-order valence-corrected chi connectivity index (χ0v) is 9.96. The molecule has 0 saturated heterocycles. The van der Waals surface area contributed by atoms with Crippen LogP contribution in [0.25, 0.3) is 0 Å². The lowest BCUT2D eigenvalue weighted by Crippen LogP contribution is -2.10. The standard InChI is InChI=1S/C11H19ClN2/c1-4-14-6-5-13-11(14)8-9(2)7-10(3)12/h5-6,9-10H,4,7-8H2,1-3H3. The summed E-state index contributed by atoms with van der Waals surface area (Å²) in [5.41, 5.74) is 0. The van der Waals surface area contributed by atoms with Gasteiger partial charge < -0.3 is 4.57 Å². The van der Waals surface area contributed by atoms with Gasteiger partial charge >= 0.3 is 0 Å². The van der Waals surface area contributed by atoms with Gasteiger partial charge in [-0.25, -0.2) is 4.98 Å². The van der Waals surface area contributed by atoms with Crippen molar-refractivity contribution >= 4 is 11.6 Å². The van der Waals surface area contributed by atoms with Gasteiger partial charge in [0.15, 0.2) is 0 Å². The molecule has 80 valence electrons. The number of imidazole rings is 1. The highest BCUT2D eigenvalue weighted by Gasteiger charge is 2.10. The topological polar surface area (TPSA) is 17.8 Å². The van der Waals surface area contributed by atoms with Crippen LogP contribution in [0.4, 0.5) is 0 Å². The van der Waals surface area contributed by atoms with Crippen molar-refractivity contribution in [3.8, 4) is 0 Å². The van der Waals surface area contributed by atoms with E-state index in [-0.39, 0.29) is 5.38 Å². The first-order chi connectivity index (χ1) is 6.63. The first kappa shape index (κ1) is 11.6. The number of aromatic nitrogens is 2. The molecule has 1 rings (SSSR count). The summed E-state index contributed by atoms with van der Waals surface area (Å²) in [6.45, 7) is 7.41. The Kier molecular flexibility index (Phi) is 4.46. The Bertz CT molecular complexity index is 268. The summed E-state index contributed by atoms with van der Waals surface area (Å²) in [7, 11) is 0. The molecule has 1 aromatic heterocycles. The fourth-order valence-electron chi connectivity index (χ4n) is 1.77. The van der Waals surface area contributed by atoms with Crippen LogP contribution in [-0.4, -0.2) is 14.9 Å². The predicted molar refractivity (Wildman–Crippen MR) is 60.7 cm³/mol. The highest BCUT2D eigenvalue weighted by molar-refractivity contribution is 6.20. The smallest absolute Gasteiger partial charge is 0.108 e. The lowest BCUT2D eigenvalue weighted by Gasteiger charge is -2.13. The molecule has 14 heavy (non-hydrogen) atoms. The second-order valence-electron chi connectivity index (χ2n) is 3.96. The van der Waals surface area contributed by atoms with E-state index in [1.807, 2.05) is 19.3 Å². The Morgan fingerprint density at radius 3 is 2.79 bits per heavy atom. The van der Waals surface area contributed by atoms with Gasteiger partial charge in [0.25, 0.3) is 0 Å². The lowest BCUT2D eigenvalue weighted by molar-refractivity contribution is 0.499. The monoisotopic (exact) mass is 214 g/mol. The van der Waals surface area contributed by atoms with Crippen LogP contribution in [0, 0.1) is 5.92 Å². The fraction of sp³-hybridized carbons (Fsp3) is 0.727. The van der Waals surface area contributed by atoms with Gasteiger partial charge in [-0.3, -0.25) is 0 Å². The van der Waals surface area contributed by atoms with Gasteiger partial charge in [-0.1, -0.05) is 6.92 Å². The van der Waals surface area contributed by atoms with Gasteiger partial charge in [-0.05, 0) is 26.2 Å². The molecule has 0 aliphatic rings. The van der Waals surface area contributed by atoms with E-state index in [9.17, 15) is 0 Å². The summed E-state index contributed by atoms with van der Waals surface area (Å²) in [5.74, 6) is 1.78. The Hall–Kier alpha value is -0.500. The van der Waals surface area contributed by atoms with E-state index in [4.69, 9.17) is 11.6 Å². The van der Waals surface area contributed by atoms with E-state index in [0.29, 0.717) is 5.92 Å². The van der Waals surface area contributed by atoms with Crippen molar-refractivity contribution in [2.24, 2.45) is 5.92 Å². The predicted octanol–water partition coefficient (Wildman–Crippen LogP) is 3.10. The second kappa shape index (κ2) is 5.40. The molecule has 1 aromatic rings. The quantitative estimate of drug-likeness (QED) is 0.689. The molecule has 0 aromatic carbocycles. The minimum atomic E-state index is 0.259. The van der Waals surface area contributed by atoms with E-state index >= 15 is 0 Å². The van der Waals surface area contributed by atoms with Crippen LogP contribution in [0.1, 0.15) is 33.0 Å². The average Bonchev–Trinajstić information content (AvgIpc) is 2.50. The zero-order valence-electron chi connectivity index (χ0n) is 9.20. The Morgan fingerprint density at radius 2 is 2.21 bits per heavy atom. The van der Waals surface area contributed by atoms with Crippen molar-refractivity contribution in [3.05, 3.63) is 18.2 Å². The third kappa shape index (κ3) is 3.33. The number of nitrogens with zero attached hydrogens (tertiary/aromatic N) is 2. The number of halogens is 1. The zero-order chi connectivity index (χ0) is 10.6. The van der Waals surface area contributed by atoms with Gasteiger partial charge in [-0.2, -0.15) is 0 Å².